The van der Waals surface area contributed by atoms with Gasteiger partial charge in [-0.3, -0.25) is 19.1 Å². The van der Waals surface area contributed by atoms with Gasteiger partial charge in [0.1, 0.15) is 34.3 Å². The second-order valence-corrected chi connectivity index (χ2v) is 10.4. The molecule has 0 atom stereocenters. The third-order valence-electron chi connectivity index (χ3n) is 6.22. The average Bonchev–Trinajstić information content (AvgIpc) is 3.33. The largest absolute Gasteiger partial charge is 0.443 e. The molecular formula is C28H34N8O5. The van der Waals surface area contributed by atoms with E-state index in [0.717, 1.165) is 0 Å². The molecule has 0 aliphatic heterocycles. The highest BCUT2D eigenvalue weighted by Gasteiger charge is 2.25. The summed E-state index contributed by atoms with van der Waals surface area (Å²) in [4.78, 5) is 47.6. The number of amides is 2. The summed E-state index contributed by atoms with van der Waals surface area (Å²) in [6, 6.07) is 9.99. The smallest absolute Gasteiger partial charge is 0.415 e. The van der Waals surface area contributed by atoms with Crippen LogP contribution in [0.2, 0.25) is 0 Å². The zero-order valence-corrected chi connectivity index (χ0v) is 23.7. The number of nitrogens with one attached hydrogen (secondary N) is 1. The minimum Gasteiger partial charge on any atom is -0.443 e. The van der Waals surface area contributed by atoms with Gasteiger partial charge in [0.25, 0.3) is 11.5 Å². The second kappa shape index (κ2) is 12.2. The predicted molar refractivity (Wildman–Crippen MR) is 154 cm³/mol. The molecule has 0 unspecified atom stereocenters. The standard InChI is InChI=1S/C23H24N8O4.C5H10O/c1-23(2,3)35-22(34)29(4)18-12-16(28-20-14(19(24)32)13-26-31(18)20)27-15-8-7-11-30(21(15)33)17-9-5-6-10-25-17;1-6-5-3-2-4-5/h5-13H,1-4H3,(H2,24,32)(H,27,28);5H,2-4H2,1H3. The molecule has 1 saturated carbocycles. The lowest BCUT2D eigenvalue weighted by atomic mass is 9.96. The molecule has 0 saturated heterocycles. The Morgan fingerprint density at radius 3 is 2.49 bits per heavy atom. The molecule has 13 heteroatoms. The van der Waals surface area contributed by atoms with Gasteiger partial charge in [-0.15, -0.1) is 0 Å². The van der Waals surface area contributed by atoms with Crippen LogP contribution >= 0.6 is 0 Å². The van der Waals surface area contributed by atoms with Gasteiger partial charge in [-0.2, -0.15) is 9.61 Å². The number of fused-ring (bicyclic) bond motifs is 1. The Hall–Kier alpha value is -4.78. The Morgan fingerprint density at radius 2 is 1.93 bits per heavy atom. The van der Waals surface area contributed by atoms with Crippen molar-refractivity contribution in [2.24, 2.45) is 5.73 Å². The maximum Gasteiger partial charge on any atom is 0.415 e. The van der Waals surface area contributed by atoms with Crippen molar-refractivity contribution in [1.29, 1.82) is 0 Å². The van der Waals surface area contributed by atoms with Gasteiger partial charge in [-0.1, -0.05) is 6.07 Å². The van der Waals surface area contributed by atoms with E-state index in [9.17, 15) is 14.4 Å². The molecule has 216 valence electrons. The van der Waals surface area contributed by atoms with Gasteiger partial charge in [0.2, 0.25) is 0 Å². The zero-order chi connectivity index (χ0) is 29.7. The number of methoxy groups -OCH3 is 1. The first-order chi connectivity index (χ1) is 19.5. The van der Waals surface area contributed by atoms with Gasteiger partial charge in [0, 0.05) is 32.6 Å². The Balaban J connectivity index is 0.000000572. The molecule has 1 fully saturated rings. The lowest BCUT2D eigenvalue weighted by Crippen LogP contribution is -2.35. The van der Waals surface area contributed by atoms with Gasteiger partial charge < -0.3 is 20.5 Å². The summed E-state index contributed by atoms with van der Waals surface area (Å²) in [5.74, 6) is 0.122. The molecule has 1 aliphatic carbocycles. The lowest BCUT2D eigenvalue weighted by Gasteiger charge is -2.25. The number of rotatable bonds is 6. The van der Waals surface area contributed by atoms with Crippen molar-refractivity contribution in [2.45, 2.75) is 51.7 Å². The Labute approximate surface area is 236 Å². The van der Waals surface area contributed by atoms with Crippen molar-refractivity contribution in [1.82, 2.24) is 24.1 Å². The first kappa shape index (κ1) is 29.2. The van der Waals surface area contributed by atoms with E-state index in [1.54, 1.807) is 70.6 Å². The molecule has 4 aromatic heterocycles. The minimum absolute atomic E-state index is 0.0476. The van der Waals surface area contributed by atoms with Crippen LogP contribution in [0, 0.1) is 0 Å². The van der Waals surface area contributed by atoms with E-state index in [1.165, 1.54) is 52.6 Å². The quantitative estimate of drug-likeness (QED) is 0.357. The predicted octanol–water partition coefficient (Wildman–Crippen LogP) is 3.67. The number of primary amides is 1. The summed E-state index contributed by atoms with van der Waals surface area (Å²) in [5.41, 5.74) is 4.72. The Bertz CT molecular complexity index is 1590. The molecule has 2 amide bonds. The van der Waals surface area contributed by atoms with Crippen molar-refractivity contribution in [3.05, 3.63) is 70.9 Å². The van der Waals surface area contributed by atoms with Gasteiger partial charge in [0.15, 0.2) is 5.65 Å². The lowest BCUT2D eigenvalue weighted by molar-refractivity contribution is 0.0412. The van der Waals surface area contributed by atoms with Crippen LogP contribution in [-0.2, 0) is 9.47 Å². The highest BCUT2D eigenvalue weighted by Crippen LogP contribution is 2.25. The van der Waals surface area contributed by atoms with Crippen LogP contribution in [0.25, 0.3) is 11.5 Å². The number of hydrogen-bond acceptors (Lipinski definition) is 9. The average molecular weight is 563 g/mol. The maximum atomic E-state index is 13.1. The van der Waals surface area contributed by atoms with E-state index < -0.39 is 17.6 Å². The van der Waals surface area contributed by atoms with E-state index >= 15 is 0 Å². The number of ether oxygens (including phenoxy) is 2. The first-order valence-electron chi connectivity index (χ1n) is 13.1. The van der Waals surface area contributed by atoms with Crippen molar-refractivity contribution in [3.8, 4) is 5.82 Å². The van der Waals surface area contributed by atoms with Crippen LogP contribution in [0.5, 0.6) is 0 Å². The number of carbonyl (C=O) groups is 2. The molecule has 4 heterocycles. The van der Waals surface area contributed by atoms with Gasteiger partial charge in [-0.05, 0) is 64.3 Å². The summed E-state index contributed by atoms with van der Waals surface area (Å²) < 4.78 is 13.1. The fourth-order valence-electron chi connectivity index (χ4n) is 3.86. The molecule has 5 rings (SSSR count). The summed E-state index contributed by atoms with van der Waals surface area (Å²) in [6.07, 6.45) is 8.36. The minimum atomic E-state index is -0.743. The van der Waals surface area contributed by atoms with E-state index in [-0.39, 0.29) is 34.1 Å². The summed E-state index contributed by atoms with van der Waals surface area (Å²) in [5, 5.41) is 7.13. The number of anilines is 3. The van der Waals surface area contributed by atoms with Gasteiger partial charge in [0.05, 0.1) is 12.3 Å². The molecule has 3 N–H and O–H groups in total. The summed E-state index contributed by atoms with van der Waals surface area (Å²) in [6.45, 7) is 5.24. The fourth-order valence-corrected chi connectivity index (χ4v) is 3.86. The number of nitrogens with two attached hydrogens (primary N) is 1. The van der Waals surface area contributed by atoms with Crippen LogP contribution < -0.4 is 21.5 Å². The number of aromatic nitrogens is 5. The summed E-state index contributed by atoms with van der Waals surface area (Å²) in [7, 11) is 3.28. The van der Waals surface area contributed by atoms with Crippen LogP contribution in [-0.4, -0.2) is 62.0 Å². The molecule has 4 aromatic rings. The van der Waals surface area contributed by atoms with Crippen molar-refractivity contribution in [3.63, 3.8) is 0 Å². The number of carbonyl (C=O) groups excluding carboxylic acids is 2. The molecule has 0 spiro atoms. The van der Waals surface area contributed by atoms with Crippen molar-refractivity contribution >= 4 is 35.0 Å². The van der Waals surface area contributed by atoms with Gasteiger partial charge in [-0.25, -0.2) is 14.8 Å². The molecule has 13 nitrogen and oxygen atoms in total. The SMILES string of the molecule is CN(C(=O)OC(C)(C)C)c1cc(Nc2cccn(-c3ccccn3)c2=O)nc2c(C(N)=O)cnn12.COC1CCC1. The van der Waals surface area contributed by atoms with Crippen LogP contribution in [0.1, 0.15) is 50.4 Å². The normalized spacial score (nSPS) is 13.1. The second-order valence-electron chi connectivity index (χ2n) is 10.4. The molecule has 0 bridgehead atoms. The van der Waals surface area contributed by atoms with Crippen LogP contribution in [0.15, 0.2) is 59.8 Å². The van der Waals surface area contributed by atoms with E-state index in [1.807, 2.05) is 0 Å². The highest BCUT2D eigenvalue weighted by molar-refractivity contribution is 5.99. The van der Waals surface area contributed by atoms with Crippen LogP contribution in [0.4, 0.5) is 22.1 Å². The van der Waals surface area contributed by atoms with Crippen molar-refractivity contribution < 1.29 is 19.1 Å². The van der Waals surface area contributed by atoms with Crippen molar-refractivity contribution in [2.75, 3.05) is 24.4 Å². The zero-order valence-electron chi connectivity index (χ0n) is 23.7. The number of nitrogens with zero attached hydrogens (tertiary/aromatic N) is 6. The molecule has 41 heavy (non-hydrogen) atoms. The molecular weight excluding hydrogens is 528 g/mol. The van der Waals surface area contributed by atoms with Gasteiger partial charge >= 0.3 is 6.09 Å². The molecule has 1 aliphatic rings. The van der Waals surface area contributed by atoms with E-state index in [4.69, 9.17) is 15.2 Å². The maximum absolute atomic E-state index is 13.1. The van der Waals surface area contributed by atoms with E-state index in [2.05, 4.69) is 20.4 Å². The van der Waals surface area contributed by atoms with Crippen LogP contribution in [0.3, 0.4) is 0 Å². The first-order valence-corrected chi connectivity index (χ1v) is 13.1. The molecule has 0 radical (unpaired) electrons. The number of pyridine rings is 2. The topological polar surface area (TPSA) is 159 Å². The number of hydrogen-bond donors (Lipinski definition) is 2. The molecule has 0 aromatic carbocycles. The van der Waals surface area contributed by atoms with E-state index in [0.29, 0.717) is 11.9 Å². The third-order valence-corrected chi connectivity index (χ3v) is 6.22. The highest BCUT2D eigenvalue weighted by atomic mass is 16.6. The monoisotopic (exact) mass is 562 g/mol. The third kappa shape index (κ3) is 6.87. The fraction of sp³-hybridized carbons (Fsp3) is 0.357. The summed E-state index contributed by atoms with van der Waals surface area (Å²) >= 11 is 0. The Kier molecular flexibility index (Phi) is 8.67. The Morgan fingerprint density at radius 1 is 1.17 bits per heavy atom.